The lowest BCUT2D eigenvalue weighted by Gasteiger charge is -2.46. The van der Waals surface area contributed by atoms with Crippen molar-refractivity contribution in [2.24, 2.45) is 0 Å². The highest BCUT2D eigenvalue weighted by Gasteiger charge is 2.50. The summed E-state index contributed by atoms with van der Waals surface area (Å²) < 4.78 is 22.6. The van der Waals surface area contributed by atoms with Crippen LogP contribution in [0.15, 0.2) is 60.8 Å². The number of hydrogen-bond acceptors (Lipinski definition) is 13. The van der Waals surface area contributed by atoms with E-state index in [2.05, 4.69) is 67.8 Å². The number of amides is 1. The first-order valence-electron chi connectivity index (χ1n) is 23.0. The number of allylic oxidation sites excluding steroid dienone is 9. The number of aliphatic hydroxyl groups excluding tert-OH is 8. The largest absolute Gasteiger partial charge is 0.394 e. The molecule has 352 valence electrons. The number of aliphatic hydroxyl groups is 8. The third-order valence-corrected chi connectivity index (χ3v) is 10.9. The van der Waals surface area contributed by atoms with E-state index in [1.165, 1.54) is 38.5 Å². The minimum absolute atomic E-state index is 0.258. The summed E-state index contributed by atoms with van der Waals surface area (Å²) in [7, 11) is 0. The molecule has 0 radical (unpaired) electrons. The monoisotopic (exact) mass is 868 g/mol. The van der Waals surface area contributed by atoms with Gasteiger partial charge in [-0.1, -0.05) is 120 Å². The molecule has 2 aliphatic rings. The van der Waals surface area contributed by atoms with Crippen molar-refractivity contribution in [2.75, 3.05) is 19.8 Å². The van der Waals surface area contributed by atoms with Crippen LogP contribution < -0.4 is 5.32 Å². The summed E-state index contributed by atoms with van der Waals surface area (Å²) in [6, 6.07) is -0.941. The number of carbonyl (C=O) groups is 1. The Morgan fingerprint density at radius 3 is 1.77 bits per heavy atom. The first kappa shape index (κ1) is 54.8. The second-order valence-corrected chi connectivity index (χ2v) is 16.1. The number of nitrogens with one attached hydrogen (secondary N) is 1. The van der Waals surface area contributed by atoms with Gasteiger partial charge in [0.15, 0.2) is 12.6 Å². The van der Waals surface area contributed by atoms with Crippen LogP contribution in [0.2, 0.25) is 0 Å². The molecule has 61 heavy (non-hydrogen) atoms. The normalized spacial score (nSPS) is 28.6. The van der Waals surface area contributed by atoms with Crippen LogP contribution in [0, 0.1) is 0 Å². The van der Waals surface area contributed by atoms with Crippen molar-refractivity contribution in [3.63, 3.8) is 0 Å². The Morgan fingerprint density at radius 2 is 1.15 bits per heavy atom. The Labute approximate surface area is 365 Å². The summed E-state index contributed by atoms with van der Waals surface area (Å²) >= 11 is 0. The molecular formula is C47H81NO13. The number of ether oxygens (including phenoxy) is 4. The molecule has 0 aromatic carbocycles. The van der Waals surface area contributed by atoms with Crippen molar-refractivity contribution >= 4 is 5.91 Å². The van der Waals surface area contributed by atoms with Gasteiger partial charge in [0.25, 0.3) is 0 Å². The van der Waals surface area contributed by atoms with Gasteiger partial charge >= 0.3 is 0 Å². The zero-order chi connectivity index (χ0) is 44.7. The van der Waals surface area contributed by atoms with Crippen molar-refractivity contribution in [1.29, 1.82) is 0 Å². The predicted octanol–water partition coefficient (Wildman–Crippen LogP) is 4.71. The quantitative estimate of drug-likeness (QED) is 0.0322. The zero-order valence-electron chi connectivity index (χ0n) is 36.9. The molecular weight excluding hydrogens is 787 g/mol. The van der Waals surface area contributed by atoms with Crippen LogP contribution in [0.1, 0.15) is 136 Å². The van der Waals surface area contributed by atoms with Crippen LogP contribution in [-0.4, -0.2) is 140 Å². The third kappa shape index (κ3) is 22.2. The maximum absolute atomic E-state index is 13.1. The molecule has 1 amide bonds. The third-order valence-electron chi connectivity index (χ3n) is 10.9. The van der Waals surface area contributed by atoms with E-state index < -0.39 is 86.8 Å². The number of carbonyl (C=O) groups excluding carboxylic acids is 1. The molecule has 0 saturated carbocycles. The Bertz CT molecular complexity index is 1260. The van der Waals surface area contributed by atoms with E-state index in [-0.39, 0.29) is 18.9 Å². The van der Waals surface area contributed by atoms with E-state index in [9.17, 15) is 45.6 Å². The van der Waals surface area contributed by atoms with Crippen molar-refractivity contribution in [2.45, 2.75) is 209 Å². The highest BCUT2D eigenvalue weighted by Crippen LogP contribution is 2.30. The molecule has 0 aliphatic carbocycles. The molecule has 14 heteroatoms. The summed E-state index contributed by atoms with van der Waals surface area (Å²) in [6.07, 6.45) is 22.8. The maximum atomic E-state index is 13.1. The molecule has 2 fully saturated rings. The van der Waals surface area contributed by atoms with Gasteiger partial charge in [0.2, 0.25) is 5.91 Å². The van der Waals surface area contributed by atoms with Gasteiger partial charge in [-0.25, -0.2) is 0 Å². The van der Waals surface area contributed by atoms with Gasteiger partial charge in [0.1, 0.15) is 48.8 Å². The van der Waals surface area contributed by atoms with E-state index in [1.807, 2.05) is 6.08 Å². The van der Waals surface area contributed by atoms with Crippen LogP contribution in [-0.2, 0) is 23.7 Å². The van der Waals surface area contributed by atoms with Crippen molar-refractivity contribution in [3.05, 3.63) is 60.8 Å². The Balaban J connectivity index is 1.88. The fourth-order valence-corrected chi connectivity index (χ4v) is 7.12. The summed E-state index contributed by atoms with van der Waals surface area (Å²) in [5.74, 6) is -0.268. The van der Waals surface area contributed by atoms with E-state index >= 15 is 0 Å². The number of rotatable bonds is 33. The highest BCUT2D eigenvalue weighted by atomic mass is 16.7. The molecule has 12 atom stereocenters. The Hall–Kier alpha value is -2.31. The molecule has 0 aromatic rings. The fraction of sp³-hybridized carbons (Fsp3) is 0.766. The topological polar surface area (TPSA) is 228 Å². The van der Waals surface area contributed by atoms with Crippen LogP contribution in [0.5, 0.6) is 0 Å². The van der Waals surface area contributed by atoms with Gasteiger partial charge < -0.3 is 65.1 Å². The van der Waals surface area contributed by atoms with Gasteiger partial charge in [-0.3, -0.25) is 4.79 Å². The van der Waals surface area contributed by atoms with Gasteiger partial charge in [-0.05, 0) is 70.6 Å². The Kier molecular flexibility index (Phi) is 30.7. The second-order valence-electron chi connectivity index (χ2n) is 16.1. The number of unbranched alkanes of at least 4 members (excludes halogenated alkanes) is 12. The van der Waals surface area contributed by atoms with Crippen LogP contribution in [0.25, 0.3) is 0 Å². The summed E-state index contributed by atoms with van der Waals surface area (Å²) in [6.45, 7) is 2.56. The van der Waals surface area contributed by atoms with E-state index in [0.29, 0.717) is 12.8 Å². The summed E-state index contributed by atoms with van der Waals surface area (Å²) in [4.78, 5) is 13.1. The van der Waals surface area contributed by atoms with E-state index in [0.717, 1.165) is 64.2 Å². The standard InChI is InChI=1S/C47H81NO13/c1-3-5-7-9-11-13-15-16-17-18-19-20-21-23-25-27-29-31-39(52)48-35(36(51)30-28-26-24-22-14-12-10-8-6-4-2)34-58-46-44(57)42(55)45(38(33-50)60-46)61-47-43(56)41(54)40(53)37(32-49)59-47/h6,8,11,13-14,16-17,22,28,30,35-38,40-47,49-51,53-57H,3-5,7,9-10,12,15,18-21,23-27,29,31-34H2,1-2H3,(H,48,52)/b8-6+,13-11-,17-16-,22-14+,30-28+. The van der Waals surface area contributed by atoms with Crippen molar-refractivity contribution in [3.8, 4) is 0 Å². The average molecular weight is 868 g/mol. The first-order chi connectivity index (χ1) is 29.6. The van der Waals surface area contributed by atoms with Gasteiger partial charge in [-0.15, -0.1) is 0 Å². The van der Waals surface area contributed by atoms with E-state index in [4.69, 9.17) is 18.9 Å². The molecule has 2 aliphatic heterocycles. The summed E-state index contributed by atoms with van der Waals surface area (Å²) in [5.41, 5.74) is 0. The molecule has 2 rings (SSSR count). The predicted molar refractivity (Wildman–Crippen MR) is 235 cm³/mol. The molecule has 12 unspecified atom stereocenters. The summed E-state index contributed by atoms with van der Waals surface area (Å²) in [5, 5.41) is 86.3. The fourth-order valence-electron chi connectivity index (χ4n) is 7.12. The molecule has 0 aromatic heterocycles. The molecule has 0 spiro atoms. The minimum atomic E-state index is -1.79. The molecule has 0 bridgehead atoms. The molecule has 9 N–H and O–H groups in total. The maximum Gasteiger partial charge on any atom is 0.220 e. The van der Waals surface area contributed by atoms with Gasteiger partial charge in [0, 0.05) is 6.42 Å². The van der Waals surface area contributed by atoms with Crippen molar-refractivity contribution < 1.29 is 64.6 Å². The first-order valence-corrected chi connectivity index (χ1v) is 23.0. The SMILES string of the molecule is CC/C=C/CC/C=C/CC/C=C/C(O)C(COC1OC(CO)C(OC2OC(CO)C(O)C(O)C2O)C(O)C1O)NC(=O)CCCCCCCCC/C=C\C/C=C\CCCCC. The molecule has 2 heterocycles. The van der Waals surface area contributed by atoms with E-state index in [1.54, 1.807) is 6.08 Å². The zero-order valence-corrected chi connectivity index (χ0v) is 36.9. The molecule has 14 nitrogen and oxygen atoms in total. The highest BCUT2D eigenvalue weighted by molar-refractivity contribution is 5.76. The molecule has 2 saturated heterocycles. The lowest BCUT2D eigenvalue weighted by molar-refractivity contribution is -0.359. The van der Waals surface area contributed by atoms with Crippen molar-refractivity contribution in [1.82, 2.24) is 5.32 Å². The minimum Gasteiger partial charge on any atom is -0.394 e. The van der Waals surface area contributed by atoms with Crippen LogP contribution in [0.3, 0.4) is 0 Å². The second kappa shape index (κ2) is 34.1. The Morgan fingerprint density at radius 1 is 0.607 bits per heavy atom. The average Bonchev–Trinajstić information content (AvgIpc) is 3.26. The number of hydrogen-bond donors (Lipinski definition) is 9. The van der Waals surface area contributed by atoms with Gasteiger partial charge in [-0.2, -0.15) is 0 Å². The lowest BCUT2D eigenvalue weighted by atomic mass is 9.97. The smallest absolute Gasteiger partial charge is 0.220 e. The van der Waals surface area contributed by atoms with Crippen LogP contribution >= 0.6 is 0 Å². The van der Waals surface area contributed by atoms with Crippen LogP contribution in [0.4, 0.5) is 0 Å². The lowest BCUT2D eigenvalue weighted by Crippen LogP contribution is -2.65. The van der Waals surface area contributed by atoms with Gasteiger partial charge in [0.05, 0.1) is 32.0 Å².